The van der Waals surface area contributed by atoms with Gasteiger partial charge in [-0.1, -0.05) is 78.3 Å². The fraction of sp³-hybridized carbons (Fsp3) is 0.303. The predicted octanol–water partition coefficient (Wildman–Crippen LogP) is 5.91. The number of carbonyl (C=O) groups is 2. The maximum atomic E-state index is 12.2. The second-order valence-corrected chi connectivity index (χ2v) is 10.2. The van der Waals surface area contributed by atoms with Crippen LogP contribution in [0.25, 0.3) is 21.8 Å². The van der Waals surface area contributed by atoms with Crippen molar-refractivity contribution in [3.8, 4) is 0 Å². The van der Waals surface area contributed by atoms with Crippen LogP contribution in [0.1, 0.15) is 42.7 Å². The maximum absolute atomic E-state index is 12.2. The van der Waals surface area contributed by atoms with Crippen LogP contribution in [0.15, 0.2) is 89.5 Å². The zero-order valence-electron chi connectivity index (χ0n) is 23.0. The van der Waals surface area contributed by atoms with Crippen LogP contribution in [0.5, 0.6) is 0 Å². The van der Waals surface area contributed by atoms with Gasteiger partial charge in [0.15, 0.2) is 11.8 Å². The van der Waals surface area contributed by atoms with Crippen molar-refractivity contribution in [1.29, 1.82) is 0 Å². The Hall–Kier alpha value is -4.43. The minimum Gasteiger partial charge on any atom is -0.480 e. The van der Waals surface area contributed by atoms with E-state index in [-0.39, 0.29) is 25.5 Å². The largest absolute Gasteiger partial charge is 0.480 e. The molecular weight excluding hydrogens is 518 g/mol. The number of rotatable bonds is 15. The number of unbranched alkanes of at least 4 members (excludes halogenated alkanes) is 2. The molecule has 0 aliphatic rings. The number of nitrogens with one attached hydrogen (secondary N) is 1. The second kappa shape index (κ2) is 13.8. The summed E-state index contributed by atoms with van der Waals surface area (Å²) in [5.41, 5.74) is 4.41. The molecule has 0 radical (unpaired) electrons. The normalized spacial score (nSPS) is 12.1. The number of para-hydroxylation sites is 2. The van der Waals surface area contributed by atoms with Crippen molar-refractivity contribution < 1.29 is 24.0 Å². The molecule has 0 saturated heterocycles. The molecule has 2 heterocycles. The molecule has 5 rings (SSSR count). The van der Waals surface area contributed by atoms with Crippen molar-refractivity contribution >= 4 is 33.7 Å². The molecule has 0 aliphatic carbocycles. The molecule has 212 valence electrons. The summed E-state index contributed by atoms with van der Waals surface area (Å²) in [6.07, 6.45) is 4.65. The molecule has 0 aliphatic heterocycles. The highest BCUT2D eigenvalue weighted by molar-refractivity contribution is 6.07. The fourth-order valence-corrected chi connectivity index (χ4v) is 5.16. The Morgan fingerprint density at radius 2 is 1.56 bits per heavy atom. The molecule has 2 N–H and O–H groups in total. The standard InChI is InChI=1S/C33H35N3O5/c37-32(19-18-24-11-3-1-4-12-24)34-29(33(38)39)23-40-22-26-21-25(35-41-26)13-5-2-10-20-36-30-16-8-6-14-27(30)28-15-7-9-17-31(28)36/h1,3-4,6-9,11-12,14-17,21,29H,2,5,10,13,18-20,22-23H2,(H,34,37)(H,38,39)/t29-/m0/s1. The Labute approximate surface area is 238 Å². The number of benzene rings is 3. The number of hydrogen-bond acceptors (Lipinski definition) is 5. The molecule has 0 unspecified atom stereocenters. The van der Waals surface area contributed by atoms with Gasteiger partial charge in [0, 0.05) is 40.8 Å². The van der Waals surface area contributed by atoms with Gasteiger partial charge in [-0.2, -0.15) is 0 Å². The zero-order chi connectivity index (χ0) is 28.4. The van der Waals surface area contributed by atoms with Crippen LogP contribution < -0.4 is 5.32 Å². The van der Waals surface area contributed by atoms with Crippen molar-refractivity contribution in [3.63, 3.8) is 0 Å². The molecular formula is C33H35N3O5. The zero-order valence-corrected chi connectivity index (χ0v) is 23.0. The number of aromatic nitrogens is 2. The monoisotopic (exact) mass is 553 g/mol. The first kappa shape index (κ1) is 28.1. The first-order chi connectivity index (χ1) is 20.1. The van der Waals surface area contributed by atoms with E-state index < -0.39 is 12.0 Å². The number of carboxylic acids is 1. The Morgan fingerprint density at radius 3 is 2.27 bits per heavy atom. The van der Waals surface area contributed by atoms with Crippen LogP contribution in [-0.2, 0) is 40.3 Å². The minimum atomic E-state index is -1.14. The molecule has 3 aromatic carbocycles. The molecule has 1 atom stereocenters. The summed E-state index contributed by atoms with van der Waals surface area (Å²) < 4.78 is 13.3. The van der Waals surface area contributed by atoms with Crippen LogP contribution in [0.3, 0.4) is 0 Å². The van der Waals surface area contributed by atoms with E-state index in [1.54, 1.807) is 0 Å². The van der Waals surface area contributed by atoms with Gasteiger partial charge in [-0.25, -0.2) is 4.79 Å². The first-order valence-corrected chi connectivity index (χ1v) is 14.1. The predicted molar refractivity (Wildman–Crippen MR) is 157 cm³/mol. The van der Waals surface area contributed by atoms with E-state index in [0.717, 1.165) is 43.5 Å². The average molecular weight is 554 g/mol. The topological polar surface area (TPSA) is 107 Å². The number of hydrogen-bond donors (Lipinski definition) is 2. The smallest absolute Gasteiger partial charge is 0.328 e. The van der Waals surface area contributed by atoms with Crippen molar-refractivity contribution in [2.24, 2.45) is 0 Å². The number of carboxylic acid groups (broad SMARTS) is 1. The molecule has 5 aromatic rings. The van der Waals surface area contributed by atoms with Gasteiger partial charge in [-0.15, -0.1) is 0 Å². The number of amides is 1. The number of aliphatic carboxylic acids is 1. The third-order valence-corrected chi connectivity index (χ3v) is 7.25. The number of ether oxygens (including phenoxy) is 1. The van der Waals surface area contributed by atoms with Gasteiger partial charge in [0.05, 0.1) is 12.3 Å². The third kappa shape index (κ3) is 7.41. The summed E-state index contributed by atoms with van der Waals surface area (Å²) >= 11 is 0. The van der Waals surface area contributed by atoms with Gasteiger partial charge in [-0.05, 0) is 43.4 Å². The van der Waals surface area contributed by atoms with Crippen LogP contribution >= 0.6 is 0 Å². The first-order valence-electron chi connectivity index (χ1n) is 14.1. The van der Waals surface area contributed by atoms with E-state index in [1.165, 1.54) is 21.8 Å². The average Bonchev–Trinajstić information content (AvgIpc) is 3.58. The molecule has 2 aromatic heterocycles. The van der Waals surface area contributed by atoms with E-state index >= 15 is 0 Å². The van der Waals surface area contributed by atoms with Gasteiger partial charge in [0.2, 0.25) is 5.91 Å². The van der Waals surface area contributed by atoms with Gasteiger partial charge >= 0.3 is 5.97 Å². The Kier molecular flexibility index (Phi) is 9.44. The summed E-state index contributed by atoms with van der Waals surface area (Å²) in [6.45, 7) is 0.884. The summed E-state index contributed by atoms with van der Waals surface area (Å²) in [5, 5.41) is 18.7. The Morgan fingerprint density at radius 1 is 0.878 bits per heavy atom. The van der Waals surface area contributed by atoms with Crippen LogP contribution in [-0.4, -0.2) is 39.4 Å². The lowest BCUT2D eigenvalue weighted by molar-refractivity contribution is -0.143. The fourth-order valence-electron chi connectivity index (χ4n) is 5.16. The van der Waals surface area contributed by atoms with Crippen LogP contribution in [0.4, 0.5) is 0 Å². The van der Waals surface area contributed by atoms with Gasteiger partial charge in [-0.3, -0.25) is 4.79 Å². The Balaban J connectivity index is 1.02. The summed E-state index contributed by atoms with van der Waals surface area (Å²) in [6, 6.07) is 27.4. The molecule has 0 fully saturated rings. The van der Waals surface area contributed by atoms with Crippen molar-refractivity contribution in [1.82, 2.24) is 15.0 Å². The van der Waals surface area contributed by atoms with Gasteiger partial charge in [0.25, 0.3) is 0 Å². The lowest BCUT2D eigenvalue weighted by Crippen LogP contribution is -2.44. The summed E-state index contributed by atoms with van der Waals surface area (Å²) in [7, 11) is 0. The highest BCUT2D eigenvalue weighted by Gasteiger charge is 2.20. The van der Waals surface area contributed by atoms with Gasteiger partial charge in [0.1, 0.15) is 6.61 Å². The van der Waals surface area contributed by atoms with E-state index in [1.807, 2.05) is 36.4 Å². The minimum absolute atomic E-state index is 0.0877. The highest BCUT2D eigenvalue weighted by Crippen LogP contribution is 2.29. The van der Waals surface area contributed by atoms with Crippen molar-refractivity contribution in [2.75, 3.05) is 6.61 Å². The summed E-state index contributed by atoms with van der Waals surface area (Å²) in [4.78, 5) is 23.8. The van der Waals surface area contributed by atoms with E-state index in [0.29, 0.717) is 12.2 Å². The molecule has 0 spiro atoms. The van der Waals surface area contributed by atoms with Crippen LogP contribution in [0, 0.1) is 0 Å². The van der Waals surface area contributed by atoms with Crippen molar-refractivity contribution in [2.45, 2.75) is 57.7 Å². The highest BCUT2D eigenvalue weighted by atomic mass is 16.5. The van der Waals surface area contributed by atoms with E-state index in [4.69, 9.17) is 9.26 Å². The lowest BCUT2D eigenvalue weighted by atomic mass is 10.1. The van der Waals surface area contributed by atoms with Crippen molar-refractivity contribution in [3.05, 3.63) is 102 Å². The lowest BCUT2D eigenvalue weighted by Gasteiger charge is -2.14. The SMILES string of the molecule is O=C(CCc1ccccc1)N[C@@H](COCc1cc(CCCCCn2c3ccccc3c3ccccc32)no1)C(=O)O. The number of fused-ring (bicyclic) bond motifs is 3. The molecule has 8 nitrogen and oxygen atoms in total. The molecule has 8 heteroatoms. The number of aryl methyl sites for hydroxylation is 3. The van der Waals surface area contributed by atoms with E-state index in [9.17, 15) is 14.7 Å². The summed E-state index contributed by atoms with van der Waals surface area (Å²) in [5.74, 6) is -0.938. The second-order valence-electron chi connectivity index (χ2n) is 10.2. The Bertz CT molecular complexity index is 1540. The maximum Gasteiger partial charge on any atom is 0.328 e. The quantitative estimate of drug-likeness (QED) is 0.156. The molecule has 41 heavy (non-hydrogen) atoms. The van der Waals surface area contributed by atoms with Gasteiger partial charge < -0.3 is 24.3 Å². The number of carbonyl (C=O) groups excluding carboxylic acids is 1. The third-order valence-electron chi connectivity index (χ3n) is 7.25. The van der Waals surface area contributed by atoms with E-state index in [2.05, 4.69) is 63.6 Å². The molecule has 0 saturated carbocycles. The molecule has 1 amide bonds. The van der Waals surface area contributed by atoms with Crippen LogP contribution in [0.2, 0.25) is 0 Å². The molecule has 0 bridgehead atoms. The number of nitrogens with zero attached hydrogens (tertiary/aromatic N) is 2.